The summed E-state index contributed by atoms with van der Waals surface area (Å²) in [7, 11) is 0. The number of hydrogen-bond acceptors (Lipinski definition) is 0. The minimum atomic E-state index is -1.12. The molecule has 0 aromatic carbocycles. The van der Waals surface area contributed by atoms with Gasteiger partial charge in [-0.25, -0.2) is 5.11 Å². The van der Waals surface area contributed by atoms with Gasteiger partial charge in [0.25, 0.3) is 0 Å². The molecule has 0 fully saturated rings. The first-order valence-corrected chi connectivity index (χ1v) is 15.1. The summed E-state index contributed by atoms with van der Waals surface area (Å²) < 4.78 is -1.44. The third-order valence-electron chi connectivity index (χ3n) is 1.60. The molecule has 1 radical (unpaired) electrons. The molecule has 0 spiro atoms. The Morgan fingerprint density at radius 1 is 0.471 bits per heavy atom. The summed E-state index contributed by atoms with van der Waals surface area (Å²) in [5.41, 5.74) is -1.12. The Hall–Kier alpha value is 7.99. The minimum Gasteiger partial charge on any atom is -0.220 e. The van der Waals surface area contributed by atoms with E-state index in [1.165, 1.54) is 0 Å². The monoisotopic (exact) mass is 1470 g/mol. The van der Waals surface area contributed by atoms with Gasteiger partial charge >= 0.3 is 0 Å². The molecule has 0 aromatic heterocycles. The van der Waals surface area contributed by atoms with E-state index in [0.29, 0.717) is 0 Å². The van der Waals surface area contributed by atoms with Crippen LogP contribution in [0.5, 0.6) is 0 Å². The van der Waals surface area contributed by atoms with Crippen molar-refractivity contribution in [3.05, 3.63) is 0 Å². The molecular weight excluding hydrogens is 1470 g/mol. The average molecular weight is 1470 g/mol. The van der Waals surface area contributed by atoms with Crippen molar-refractivity contribution >= 4 is 248 Å². The van der Waals surface area contributed by atoms with Gasteiger partial charge in [0.1, 0.15) is 1.43 Å². The predicted octanol–water partition coefficient (Wildman–Crippen LogP) is 8.60. The van der Waals surface area contributed by atoms with E-state index in [9.17, 15) is 5.11 Å². The minimum absolute atomic E-state index is 0.164. The summed E-state index contributed by atoms with van der Waals surface area (Å²) in [6, 6.07) is 0. The molecule has 0 aliphatic carbocycles. The highest BCUT2D eigenvalue weighted by Gasteiger charge is 2.73. The molecule has 0 bridgehead atoms. The van der Waals surface area contributed by atoms with Gasteiger partial charge < -0.3 is 0 Å². The second kappa shape index (κ2) is 8.79. The maximum absolute atomic E-state index is 13.7. The van der Waals surface area contributed by atoms with Crippen LogP contribution in [0.2, 0.25) is 0 Å². The van der Waals surface area contributed by atoms with Crippen LogP contribution in [0.3, 0.4) is 0 Å². The predicted molar refractivity (Wildman–Crippen MR) is 169 cm³/mol. The SMILES string of the molecule is [O]C(C(I)(I)I)(C(I)(I)I)C(I)(I)C(I)(I)I. The van der Waals surface area contributed by atoms with Crippen LogP contribution in [0.4, 0.5) is 0 Å². The second-order valence-electron chi connectivity index (χ2n) is 2.75. The molecule has 0 aliphatic rings. The van der Waals surface area contributed by atoms with E-state index in [1.807, 2.05) is 0 Å². The quantitative estimate of drug-likeness (QED) is 0.199. The fourth-order valence-electron chi connectivity index (χ4n) is 0.716. The van der Waals surface area contributed by atoms with Crippen molar-refractivity contribution in [3.63, 3.8) is 0 Å². The zero-order valence-corrected chi connectivity index (χ0v) is 30.8. The molecule has 0 N–H and O–H groups in total. The lowest BCUT2D eigenvalue weighted by molar-refractivity contribution is 0.00734. The topological polar surface area (TPSA) is 19.9 Å². The molecule has 17 heavy (non-hydrogen) atoms. The van der Waals surface area contributed by atoms with Crippen LogP contribution in [0.15, 0.2) is 0 Å². The first kappa shape index (κ1) is 25.0. The zero-order chi connectivity index (χ0) is 14.5. The number of rotatable bonds is 4. The summed E-state index contributed by atoms with van der Waals surface area (Å²) in [5, 5.41) is 13.7. The van der Waals surface area contributed by atoms with E-state index in [2.05, 4.69) is 248 Å². The molecule has 12 heteroatoms. The molecule has 0 unspecified atom stereocenters. The van der Waals surface area contributed by atoms with Crippen molar-refractivity contribution < 1.29 is 5.11 Å². The summed E-state index contributed by atoms with van der Waals surface area (Å²) in [6.45, 7) is 0. The van der Waals surface area contributed by atoms with E-state index in [4.69, 9.17) is 0 Å². The average Bonchev–Trinajstić information content (AvgIpc) is 1.95. The van der Waals surface area contributed by atoms with E-state index in [1.54, 1.807) is 0 Å². The molecule has 1 nitrogen and oxygen atoms in total. The number of hydrogen-bond donors (Lipinski definition) is 0. The van der Waals surface area contributed by atoms with Gasteiger partial charge in [-0.1, -0.05) is 248 Å². The highest BCUT2D eigenvalue weighted by Crippen LogP contribution is 2.72. The molecule has 0 atom stereocenters. The summed E-state index contributed by atoms with van der Waals surface area (Å²) in [5.74, 6) is 0. The van der Waals surface area contributed by atoms with Crippen molar-refractivity contribution in [2.45, 2.75) is 5.34 Å². The summed E-state index contributed by atoms with van der Waals surface area (Å²) >= 11 is 25.4. The Labute approximate surface area is 251 Å². The van der Waals surface area contributed by atoms with Crippen LogP contribution in [0, 0.1) is 0 Å². The molecule has 103 valence electrons. The highest BCUT2D eigenvalue weighted by molar-refractivity contribution is 14.3. The zero-order valence-electron chi connectivity index (χ0n) is 7.07. The molecule has 0 aliphatic heterocycles. The van der Waals surface area contributed by atoms with Crippen LogP contribution in [-0.2, 0) is 5.11 Å². The molecular formula is C5I11O. The van der Waals surface area contributed by atoms with E-state index in [0.717, 1.165) is 0 Å². The number of halogens is 11. The van der Waals surface area contributed by atoms with Gasteiger partial charge in [0.15, 0.2) is 3.91 Å². The fourth-order valence-corrected chi connectivity index (χ4v) is 19.2. The Kier molecular flexibility index (Phi) is 12.9. The van der Waals surface area contributed by atoms with E-state index >= 15 is 0 Å². The van der Waals surface area contributed by atoms with E-state index < -0.39 is 5.90 Å². The lowest BCUT2D eigenvalue weighted by Crippen LogP contribution is -2.65. The van der Waals surface area contributed by atoms with Crippen LogP contribution in [0.25, 0.3) is 0 Å². The maximum atomic E-state index is 13.7. The lowest BCUT2D eigenvalue weighted by Gasteiger charge is -2.51. The van der Waals surface area contributed by atoms with E-state index in [-0.39, 0.29) is -0.565 Å². The molecule has 0 amide bonds. The van der Waals surface area contributed by atoms with Gasteiger partial charge in [-0.05, 0) is 0 Å². The normalized spacial score (nSPS) is 16.2. The van der Waals surface area contributed by atoms with Gasteiger partial charge in [-0.3, -0.25) is 0 Å². The largest absolute Gasteiger partial charge is 0.220 e. The molecule has 0 heterocycles. The first-order valence-electron chi connectivity index (χ1n) is 3.28. The van der Waals surface area contributed by atoms with Gasteiger partial charge in [-0.2, -0.15) is 0 Å². The fraction of sp³-hybridized carbons (Fsp3) is 1.00. The lowest BCUT2D eigenvalue weighted by atomic mass is 10.1. The smallest absolute Gasteiger partial charge is 0.195 e. The first-order chi connectivity index (χ1) is 7.00. The van der Waals surface area contributed by atoms with Crippen molar-refractivity contribution in [2.75, 3.05) is 0 Å². The molecule has 0 aromatic rings. The third-order valence-corrected chi connectivity index (χ3v) is 17.9. The van der Waals surface area contributed by atoms with Gasteiger partial charge in [0, 0.05) is 0 Å². The van der Waals surface area contributed by atoms with Crippen LogP contribution < -0.4 is 0 Å². The highest BCUT2D eigenvalue weighted by atomic mass is 127. The molecule has 0 saturated carbocycles. The van der Waals surface area contributed by atoms with Crippen molar-refractivity contribution in [1.82, 2.24) is 0 Å². The number of alkyl halides is 11. The van der Waals surface area contributed by atoms with Crippen LogP contribution in [0.1, 0.15) is 0 Å². The Morgan fingerprint density at radius 2 is 0.706 bits per heavy atom. The van der Waals surface area contributed by atoms with Crippen molar-refractivity contribution in [3.8, 4) is 0 Å². The van der Waals surface area contributed by atoms with Gasteiger partial charge in [0.2, 0.25) is 0 Å². The molecule has 0 saturated heterocycles. The van der Waals surface area contributed by atoms with Gasteiger partial charge in [-0.15, -0.1) is 0 Å². The maximum Gasteiger partial charge on any atom is 0.195 e. The Balaban J connectivity index is 6.04. The summed E-state index contributed by atoms with van der Waals surface area (Å²) in [4.78, 5) is 0. The van der Waals surface area contributed by atoms with Crippen LogP contribution in [-0.4, -0.2) is 5.34 Å². The van der Waals surface area contributed by atoms with Gasteiger partial charge in [0.05, 0.1) is 0 Å². The standard InChI is InChI=1S/C5I11O/c6-2(7,5(14,15)16)1(17,3(8,9)10)4(11,12)13. The van der Waals surface area contributed by atoms with Crippen LogP contribution >= 0.6 is 248 Å². The third kappa shape index (κ3) is 5.99. The Morgan fingerprint density at radius 3 is 0.765 bits per heavy atom. The van der Waals surface area contributed by atoms with Crippen molar-refractivity contribution in [2.24, 2.45) is 0 Å². The Bertz CT molecular complexity index is 266. The molecule has 0 rings (SSSR count). The summed E-state index contributed by atoms with van der Waals surface area (Å²) in [6.07, 6.45) is 0. The van der Waals surface area contributed by atoms with Crippen molar-refractivity contribution in [1.29, 1.82) is 0 Å². The second-order valence-corrected chi connectivity index (χ2v) is 41.2.